The van der Waals surface area contributed by atoms with Gasteiger partial charge < -0.3 is 10.1 Å². The molecule has 0 saturated carbocycles. The molecular formula is C24H25FN2O4S. The van der Waals surface area contributed by atoms with Crippen molar-refractivity contribution in [2.75, 3.05) is 24.0 Å². The van der Waals surface area contributed by atoms with Gasteiger partial charge in [0, 0.05) is 0 Å². The lowest BCUT2D eigenvalue weighted by molar-refractivity contribution is -0.119. The third kappa shape index (κ3) is 6.07. The highest BCUT2D eigenvalue weighted by atomic mass is 32.2. The lowest BCUT2D eigenvalue weighted by Gasteiger charge is -2.24. The fourth-order valence-corrected chi connectivity index (χ4v) is 4.45. The maximum Gasteiger partial charge on any atom is 0.264 e. The zero-order valence-corrected chi connectivity index (χ0v) is 18.5. The zero-order chi connectivity index (χ0) is 23.0. The summed E-state index contributed by atoms with van der Waals surface area (Å²) in [5, 5.41) is 2.67. The number of amides is 1. The van der Waals surface area contributed by atoms with E-state index in [1.165, 1.54) is 36.4 Å². The summed E-state index contributed by atoms with van der Waals surface area (Å²) in [6.45, 7) is 1.96. The molecule has 0 radical (unpaired) electrons. The molecule has 0 aliphatic carbocycles. The highest BCUT2D eigenvalue weighted by Crippen LogP contribution is 2.24. The van der Waals surface area contributed by atoms with Crippen molar-refractivity contribution >= 4 is 21.6 Å². The molecule has 0 atom stereocenters. The first-order valence-electron chi connectivity index (χ1n) is 10.2. The van der Waals surface area contributed by atoms with E-state index < -0.39 is 15.9 Å². The molecule has 8 heteroatoms. The number of hydrogen-bond donors (Lipinski definition) is 1. The zero-order valence-electron chi connectivity index (χ0n) is 17.7. The second-order valence-electron chi connectivity index (χ2n) is 7.00. The summed E-state index contributed by atoms with van der Waals surface area (Å²) >= 11 is 0. The van der Waals surface area contributed by atoms with Crippen LogP contribution in [0.1, 0.15) is 12.5 Å². The molecule has 0 heterocycles. The van der Waals surface area contributed by atoms with E-state index in [1.807, 2.05) is 19.1 Å². The van der Waals surface area contributed by atoms with Crippen molar-refractivity contribution in [1.29, 1.82) is 0 Å². The number of ether oxygens (including phenoxy) is 1. The van der Waals surface area contributed by atoms with Gasteiger partial charge in [-0.3, -0.25) is 9.10 Å². The number of carbonyl (C=O) groups excluding carboxylic acids is 1. The van der Waals surface area contributed by atoms with Crippen LogP contribution in [-0.4, -0.2) is 34.0 Å². The van der Waals surface area contributed by atoms with Crippen LogP contribution in [0.15, 0.2) is 83.8 Å². The van der Waals surface area contributed by atoms with Crippen molar-refractivity contribution in [3.05, 3.63) is 90.2 Å². The number of benzene rings is 3. The number of hydrogen-bond acceptors (Lipinski definition) is 4. The van der Waals surface area contributed by atoms with Crippen LogP contribution in [0.2, 0.25) is 0 Å². The number of carbonyl (C=O) groups is 1. The summed E-state index contributed by atoms with van der Waals surface area (Å²) < 4.78 is 46.0. The maximum atomic E-state index is 13.3. The van der Waals surface area contributed by atoms with Crippen molar-refractivity contribution in [2.45, 2.75) is 18.2 Å². The van der Waals surface area contributed by atoms with Gasteiger partial charge in [-0.2, -0.15) is 0 Å². The smallest absolute Gasteiger partial charge is 0.264 e. The summed E-state index contributed by atoms with van der Waals surface area (Å²) in [5.74, 6) is -0.353. The van der Waals surface area contributed by atoms with Crippen LogP contribution in [0.4, 0.5) is 10.1 Å². The SMILES string of the molecule is CCc1ccc(N(CC(=O)NCCOc2ccc(F)cc2)S(=O)(=O)c2ccccc2)cc1. The third-order valence-corrected chi connectivity index (χ3v) is 6.55. The minimum absolute atomic E-state index is 0.104. The number of rotatable bonds is 10. The number of nitrogens with one attached hydrogen (secondary N) is 1. The summed E-state index contributed by atoms with van der Waals surface area (Å²) in [6, 6.07) is 20.6. The van der Waals surface area contributed by atoms with Crippen molar-refractivity contribution in [2.24, 2.45) is 0 Å². The fourth-order valence-electron chi connectivity index (χ4n) is 3.01. The van der Waals surface area contributed by atoms with E-state index in [4.69, 9.17) is 4.74 Å². The Balaban J connectivity index is 1.69. The van der Waals surface area contributed by atoms with Crippen molar-refractivity contribution < 1.29 is 22.3 Å². The van der Waals surface area contributed by atoms with Gasteiger partial charge in [0.25, 0.3) is 10.0 Å². The van der Waals surface area contributed by atoms with Gasteiger partial charge in [-0.15, -0.1) is 0 Å². The molecule has 0 bridgehead atoms. The molecule has 0 aliphatic heterocycles. The Labute approximate surface area is 187 Å². The van der Waals surface area contributed by atoms with Gasteiger partial charge in [-0.25, -0.2) is 12.8 Å². The van der Waals surface area contributed by atoms with Crippen molar-refractivity contribution in [1.82, 2.24) is 5.32 Å². The summed E-state index contributed by atoms with van der Waals surface area (Å²) in [6.07, 6.45) is 0.820. The molecule has 0 fully saturated rings. The van der Waals surface area contributed by atoms with Crippen LogP contribution in [0.5, 0.6) is 5.75 Å². The van der Waals surface area contributed by atoms with Gasteiger partial charge in [0.2, 0.25) is 5.91 Å². The number of halogens is 1. The number of sulfonamides is 1. The molecule has 168 valence electrons. The van der Waals surface area contributed by atoms with Gasteiger partial charge >= 0.3 is 0 Å². The van der Waals surface area contributed by atoms with E-state index >= 15 is 0 Å². The largest absolute Gasteiger partial charge is 0.492 e. The summed E-state index contributed by atoms with van der Waals surface area (Å²) in [7, 11) is -3.94. The quantitative estimate of drug-likeness (QED) is 0.471. The molecule has 3 aromatic carbocycles. The van der Waals surface area contributed by atoms with Gasteiger partial charge in [0.1, 0.15) is 24.7 Å². The van der Waals surface area contributed by atoms with E-state index in [9.17, 15) is 17.6 Å². The fraction of sp³-hybridized carbons (Fsp3) is 0.208. The lowest BCUT2D eigenvalue weighted by atomic mass is 10.1. The standard InChI is InChI=1S/C24H25FN2O4S/c1-2-19-8-12-21(13-9-19)27(32(29,30)23-6-4-3-5-7-23)18-24(28)26-16-17-31-22-14-10-20(25)11-15-22/h3-15H,2,16-18H2,1H3,(H,26,28). The van der Waals surface area contributed by atoms with Crippen LogP contribution in [-0.2, 0) is 21.2 Å². The molecule has 1 N–H and O–H groups in total. The Kier molecular flexibility index (Phi) is 7.83. The molecule has 3 rings (SSSR count). The summed E-state index contributed by atoms with van der Waals surface area (Å²) in [5.41, 5.74) is 1.47. The van der Waals surface area contributed by atoms with Gasteiger partial charge in [0.05, 0.1) is 17.1 Å². The van der Waals surface area contributed by atoms with Crippen LogP contribution < -0.4 is 14.4 Å². The molecule has 32 heavy (non-hydrogen) atoms. The Morgan fingerprint density at radius 3 is 2.25 bits per heavy atom. The minimum atomic E-state index is -3.94. The molecular weight excluding hydrogens is 431 g/mol. The van der Waals surface area contributed by atoms with Crippen LogP contribution >= 0.6 is 0 Å². The first-order valence-corrected chi connectivity index (χ1v) is 11.7. The first kappa shape index (κ1) is 23.3. The Hall–Kier alpha value is -3.39. The molecule has 6 nitrogen and oxygen atoms in total. The van der Waals surface area contributed by atoms with E-state index in [0.29, 0.717) is 11.4 Å². The highest BCUT2D eigenvalue weighted by Gasteiger charge is 2.27. The Morgan fingerprint density at radius 2 is 1.62 bits per heavy atom. The Bertz CT molecular complexity index is 1120. The normalized spacial score (nSPS) is 11.1. The van der Waals surface area contributed by atoms with Crippen molar-refractivity contribution in [3.8, 4) is 5.75 Å². The second kappa shape index (κ2) is 10.8. The molecule has 3 aromatic rings. The van der Waals surface area contributed by atoms with Gasteiger partial charge in [0.15, 0.2) is 0 Å². The van der Waals surface area contributed by atoms with Crippen molar-refractivity contribution in [3.63, 3.8) is 0 Å². The van der Waals surface area contributed by atoms with E-state index in [0.717, 1.165) is 16.3 Å². The number of anilines is 1. The first-order chi connectivity index (χ1) is 15.4. The Morgan fingerprint density at radius 1 is 0.969 bits per heavy atom. The van der Waals surface area contributed by atoms with Crippen LogP contribution in [0.3, 0.4) is 0 Å². The van der Waals surface area contributed by atoms with Crippen LogP contribution in [0, 0.1) is 5.82 Å². The second-order valence-corrected chi connectivity index (χ2v) is 8.86. The van der Waals surface area contributed by atoms with E-state index in [-0.39, 0.29) is 30.4 Å². The maximum absolute atomic E-state index is 13.3. The lowest BCUT2D eigenvalue weighted by Crippen LogP contribution is -2.41. The van der Waals surface area contributed by atoms with E-state index in [2.05, 4.69) is 5.32 Å². The molecule has 0 spiro atoms. The monoisotopic (exact) mass is 456 g/mol. The topological polar surface area (TPSA) is 75.7 Å². The molecule has 0 aliphatic rings. The highest BCUT2D eigenvalue weighted by molar-refractivity contribution is 7.92. The molecule has 0 unspecified atom stereocenters. The number of nitrogens with zero attached hydrogens (tertiary/aromatic N) is 1. The van der Waals surface area contributed by atoms with E-state index in [1.54, 1.807) is 30.3 Å². The molecule has 1 amide bonds. The number of aryl methyl sites for hydroxylation is 1. The predicted octanol–water partition coefficient (Wildman–Crippen LogP) is 3.78. The third-order valence-electron chi connectivity index (χ3n) is 4.76. The van der Waals surface area contributed by atoms with Crippen LogP contribution in [0.25, 0.3) is 0 Å². The predicted molar refractivity (Wildman–Crippen MR) is 122 cm³/mol. The molecule has 0 saturated heterocycles. The van der Waals surface area contributed by atoms with Gasteiger partial charge in [-0.05, 0) is 60.5 Å². The average Bonchev–Trinajstić information content (AvgIpc) is 2.82. The summed E-state index contributed by atoms with van der Waals surface area (Å²) in [4.78, 5) is 12.7. The average molecular weight is 457 g/mol. The van der Waals surface area contributed by atoms with Gasteiger partial charge in [-0.1, -0.05) is 37.3 Å². The minimum Gasteiger partial charge on any atom is -0.492 e. The molecule has 0 aromatic heterocycles.